The summed E-state index contributed by atoms with van der Waals surface area (Å²) in [5.41, 5.74) is 1.86. The lowest BCUT2D eigenvalue weighted by molar-refractivity contribution is 0.0173. The van der Waals surface area contributed by atoms with E-state index in [1.54, 1.807) is 48.7 Å². The van der Waals surface area contributed by atoms with E-state index < -0.39 is 17.5 Å². The van der Waals surface area contributed by atoms with Crippen molar-refractivity contribution in [1.29, 1.82) is 0 Å². The third-order valence-electron chi connectivity index (χ3n) is 6.00. The summed E-state index contributed by atoms with van der Waals surface area (Å²) in [4.78, 5) is 18.1. The van der Waals surface area contributed by atoms with E-state index in [2.05, 4.69) is 15.6 Å². The number of pyridine rings is 1. The second-order valence-corrected chi connectivity index (χ2v) is 9.23. The Labute approximate surface area is 214 Å². The maximum absolute atomic E-state index is 14.4. The van der Waals surface area contributed by atoms with Gasteiger partial charge in [-0.25, -0.2) is 13.6 Å². The Morgan fingerprint density at radius 1 is 0.917 bits per heavy atom. The predicted molar refractivity (Wildman–Crippen MR) is 140 cm³/mol. The van der Waals surface area contributed by atoms with Gasteiger partial charge in [-0.15, -0.1) is 0 Å². The zero-order valence-electron chi connectivity index (χ0n) is 19.9. The van der Waals surface area contributed by atoms with Crippen LogP contribution >= 0.6 is 11.6 Å². The summed E-state index contributed by atoms with van der Waals surface area (Å²) in [6.07, 6.45) is 1.92. The van der Waals surface area contributed by atoms with Gasteiger partial charge >= 0.3 is 6.03 Å². The molecule has 0 aliphatic carbocycles. The molecule has 1 aromatic heterocycles. The fourth-order valence-electron chi connectivity index (χ4n) is 4.31. The van der Waals surface area contributed by atoms with Gasteiger partial charge in [-0.2, -0.15) is 0 Å². The molecule has 0 saturated heterocycles. The van der Waals surface area contributed by atoms with Crippen molar-refractivity contribution >= 4 is 23.3 Å². The third-order valence-corrected chi connectivity index (χ3v) is 6.23. The molecule has 0 radical (unpaired) electrons. The Hall–Kier alpha value is -3.77. The molecule has 2 amide bonds. The number of carbonyl (C=O) groups is 1. The number of nitrogens with one attached hydrogen (secondary N) is 2. The zero-order chi connectivity index (χ0) is 25.8. The molecule has 184 valence electrons. The van der Waals surface area contributed by atoms with Crippen LogP contribution in [0, 0.1) is 6.92 Å². The standard InChI is InChI=1S/C29H26ClF2N3O/c1-20-9-8-16-33-26(20)29(19-21-10-4-3-5-11-21,23-13-6-12-22(17-23)28(2,31)32)35-27(36)34-25-15-7-14-24(30)18-25/h3-18H,19H2,1-2H3,(H2,34,35,36). The van der Waals surface area contributed by atoms with Crippen LogP contribution < -0.4 is 10.6 Å². The SMILES string of the molecule is Cc1cccnc1C(Cc1ccccc1)(NC(=O)Nc1cccc(Cl)c1)c1cccc(C(C)(F)F)c1. The average molecular weight is 506 g/mol. The van der Waals surface area contributed by atoms with Crippen LogP contribution in [0.25, 0.3) is 0 Å². The van der Waals surface area contributed by atoms with E-state index in [0.717, 1.165) is 18.1 Å². The molecule has 0 aliphatic heterocycles. The first kappa shape index (κ1) is 25.3. The van der Waals surface area contributed by atoms with E-state index in [-0.39, 0.29) is 12.0 Å². The van der Waals surface area contributed by atoms with Crippen LogP contribution in [0.2, 0.25) is 5.02 Å². The molecular formula is C29H26ClF2N3O. The monoisotopic (exact) mass is 505 g/mol. The molecule has 0 spiro atoms. The van der Waals surface area contributed by atoms with Crippen molar-refractivity contribution in [3.63, 3.8) is 0 Å². The maximum atomic E-state index is 14.4. The Balaban J connectivity index is 1.89. The van der Waals surface area contributed by atoms with Gasteiger partial charge in [0.2, 0.25) is 0 Å². The number of anilines is 1. The van der Waals surface area contributed by atoms with Gasteiger partial charge in [0.05, 0.1) is 5.69 Å². The van der Waals surface area contributed by atoms with Crippen molar-refractivity contribution in [2.75, 3.05) is 5.32 Å². The molecule has 36 heavy (non-hydrogen) atoms. The lowest BCUT2D eigenvalue weighted by Crippen LogP contribution is -2.51. The van der Waals surface area contributed by atoms with Crippen molar-refractivity contribution in [1.82, 2.24) is 10.3 Å². The smallest absolute Gasteiger partial charge is 0.320 e. The van der Waals surface area contributed by atoms with Crippen LogP contribution in [0.1, 0.15) is 34.9 Å². The molecule has 3 aromatic carbocycles. The van der Waals surface area contributed by atoms with E-state index in [9.17, 15) is 13.6 Å². The number of alkyl halides is 2. The second kappa shape index (κ2) is 10.5. The summed E-state index contributed by atoms with van der Waals surface area (Å²) >= 11 is 6.09. The summed E-state index contributed by atoms with van der Waals surface area (Å²) < 4.78 is 28.8. The van der Waals surface area contributed by atoms with Gasteiger partial charge in [0.15, 0.2) is 0 Å². The molecule has 0 saturated carbocycles. The highest BCUT2D eigenvalue weighted by molar-refractivity contribution is 6.30. The molecule has 1 atom stereocenters. The van der Waals surface area contributed by atoms with Crippen LogP contribution in [0.4, 0.5) is 19.3 Å². The minimum atomic E-state index is -3.06. The fraction of sp³-hybridized carbons (Fsp3) is 0.172. The summed E-state index contributed by atoms with van der Waals surface area (Å²) in [6.45, 7) is 2.74. The van der Waals surface area contributed by atoms with Crippen LogP contribution in [-0.4, -0.2) is 11.0 Å². The number of rotatable bonds is 7. The molecular weight excluding hydrogens is 480 g/mol. The Kier molecular flexibility index (Phi) is 7.36. The van der Waals surface area contributed by atoms with E-state index in [1.165, 1.54) is 12.1 Å². The number of hydrogen-bond donors (Lipinski definition) is 2. The summed E-state index contributed by atoms with van der Waals surface area (Å²) in [7, 11) is 0. The number of benzene rings is 3. The predicted octanol–water partition coefficient (Wildman–Crippen LogP) is 7.46. The molecule has 0 aliphatic rings. The fourth-order valence-corrected chi connectivity index (χ4v) is 4.50. The van der Waals surface area contributed by atoms with Gasteiger partial charge in [-0.1, -0.05) is 72.3 Å². The number of aromatic nitrogens is 1. The number of halogens is 3. The number of amides is 2. The largest absolute Gasteiger partial charge is 0.322 e. The van der Waals surface area contributed by atoms with Gasteiger partial charge in [0, 0.05) is 35.8 Å². The van der Waals surface area contributed by atoms with Crippen molar-refractivity contribution in [2.24, 2.45) is 0 Å². The number of carbonyl (C=O) groups excluding carboxylic acids is 1. The normalized spacial score (nSPS) is 13.0. The third kappa shape index (κ3) is 5.71. The van der Waals surface area contributed by atoms with Gasteiger partial charge in [-0.05, 0) is 53.9 Å². The number of hydrogen-bond acceptors (Lipinski definition) is 2. The van der Waals surface area contributed by atoms with Crippen LogP contribution in [0.5, 0.6) is 0 Å². The highest BCUT2D eigenvalue weighted by Gasteiger charge is 2.40. The van der Waals surface area contributed by atoms with Gasteiger partial charge < -0.3 is 10.6 Å². The molecule has 1 heterocycles. The minimum Gasteiger partial charge on any atom is -0.322 e. The summed E-state index contributed by atoms with van der Waals surface area (Å²) in [5, 5.41) is 6.39. The molecule has 7 heteroatoms. The lowest BCUT2D eigenvalue weighted by Gasteiger charge is -2.37. The molecule has 4 rings (SSSR count). The first-order valence-corrected chi connectivity index (χ1v) is 11.8. The Bertz CT molecular complexity index is 1360. The Morgan fingerprint density at radius 3 is 2.33 bits per heavy atom. The average Bonchev–Trinajstić information content (AvgIpc) is 2.84. The molecule has 2 N–H and O–H groups in total. The number of urea groups is 1. The van der Waals surface area contributed by atoms with Crippen molar-refractivity contribution < 1.29 is 13.6 Å². The van der Waals surface area contributed by atoms with Crippen LogP contribution in [-0.2, 0) is 17.9 Å². The highest BCUT2D eigenvalue weighted by Crippen LogP contribution is 2.37. The maximum Gasteiger partial charge on any atom is 0.320 e. The van der Waals surface area contributed by atoms with Gasteiger partial charge in [0.1, 0.15) is 5.54 Å². The minimum absolute atomic E-state index is 0.150. The number of nitrogens with zero attached hydrogens (tertiary/aromatic N) is 1. The summed E-state index contributed by atoms with van der Waals surface area (Å²) in [6, 6.07) is 25.6. The van der Waals surface area contributed by atoms with Gasteiger partial charge in [-0.3, -0.25) is 4.98 Å². The molecule has 4 aromatic rings. The van der Waals surface area contributed by atoms with Crippen LogP contribution in [0.3, 0.4) is 0 Å². The van der Waals surface area contributed by atoms with E-state index >= 15 is 0 Å². The van der Waals surface area contributed by atoms with E-state index in [4.69, 9.17) is 11.6 Å². The Morgan fingerprint density at radius 2 is 1.64 bits per heavy atom. The lowest BCUT2D eigenvalue weighted by atomic mass is 9.78. The molecule has 0 bridgehead atoms. The van der Waals surface area contributed by atoms with E-state index in [1.807, 2.05) is 43.3 Å². The molecule has 0 fully saturated rings. The highest BCUT2D eigenvalue weighted by atomic mass is 35.5. The van der Waals surface area contributed by atoms with Crippen LogP contribution in [0.15, 0.2) is 97.2 Å². The topological polar surface area (TPSA) is 54.0 Å². The summed E-state index contributed by atoms with van der Waals surface area (Å²) in [5.74, 6) is -3.06. The quantitative estimate of drug-likeness (QED) is 0.274. The molecule has 1 unspecified atom stereocenters. The van der Waals surface area contributed by atoms with Gasteiger partial charge in [0.25, 0.3) is 5.92 Å². The van der Waals surface area contributed by atoms with Crippen molar-refractivity contribution in [2.45, 2.75) is 31.7 Å². The number of aryl methyl sites for hydroxylation is 1. The zero-order valence-corrected chi connectivity index (χ0v) is 20.7. The van der Waals surface area contributed by atoms with E-state index in [0.29, 0.717) is 22.0 Å². The first-order chi connectivity index (χ1) is 17.2. The van der Waals surface area contributed by atoms with Crippen molar-refractivity contribution in [3.8, 4) is 0 Å². The molecule has 4 nitrogen and oxygen atoms in total. The van der Waals surface area contributed by atoms with Crippen molar-refractivity contribution in [3.05, 3.63) is 130 Å². The first-order valence-electron chi connectivity index (χ1n) is 11.5. The second-order valence-electron chi connectivity index (χ2n) is 8.80.